The second kappa shape index (κ2) is 7.57. The van der Waals surface area contributed by atoms with E-state index in [0.29, 0.717) is 22.2 Å². The van der Waals surface area contributed by atoms with Gasteiger partial charge in [0.05, 0.1) is 10.6 Å². The minimum Gasteiger partial charge on any atom is -0.507 e. The molecule has 5 heteroatoms. The monoisotopic (exact) mass is 352 g/mol. The second-order valence-electron chi connectivity index (χ2n) is 5.86. The summed E-state index contributed by atoms with van der Waals surface area (Å²) in [5, 5.41) is 10.6. The van der Waals surface area contributed by atoms with Crippen molar-refractivity contribution >= 4 is 34.6 Å². The van der Waals surface area contributed by atoms with Crippen molar-refractivity contribution in [3.8, 4) is 5.75 Å². The van der Waals surface area contributed by atoms with Gasteiger partial charge in [0.1, 0.15) is 5.75 Å². The Morgan fingerprint density at radius 3 is 2.56 bits per heavy atom. The molecule has 2 aromatic carbocycles. The number of phenols is 1. The summed E-state index contributed by atoms with van der Waals surface area (Å²) in [6.07, 6.45) is 2.58. The Labute approximate surface area is 151 Å². The third-order valence-corrected chi connectivity index (χ3v) is 4.82. The molecule has 2 aromatic rings. The van der Waals surface area contributed by atoms with Crippen molar-refractivity contribution in [1.29, 1.82) is 0 Å². The molecule has 1 aliphatic heterocycles. The highest BCUT2D eigenvalue weighted by Gasteiger charge is 2.32. The van der Waals surface area contributed by atoms with Crippen molar-refractivity contribution in [2.24, 2.45) is 4.99 Å². The minimum absolute atomic E-state index is 0.0686. The Morgan fingerprint density at radius 2 is 1.88 bits per heavy atom. The zero-order valence-corrected chi connectivity index (χ0v) is 15.1. The van der Waals surface area contributed by atoms with Gasteiger partial charge < -0.3 is 5.11 Å². The molecule has 1 heterocycles. The number of phenolic OH excluding ortho intramolecular Hbond substituents is 1. The summed E-state index contributed by atoms with van der Waals surface area (Å²) in [6.45, 7) is 4.68. The smallest absolute Gasteiger partial charge is 0.266 e. The number of benzene rings is 2. The Bertz CT molecular complexity index is 841. The molecule has 1 fully saturated rings. The molecule has 128 valence electrons. The van der Waals surface area contributed by atoms with Gasteiger partial charge in [-0.15, -0.1) is 0 Å². The van der Waals surface area contributed by atoms with Crippen LogP contribution in [-0.4, -0.2) is 27.6 Å². The van der Waals surface area contributed by atoms with E-state index >= 15 is 0 Å². The molecule has 0 saturated carbocycles. The van der Waals surface area contributed by atoms with Gasteiger partial charge in [-0.3, -0.25) is 9.69 Å². The highest BCUT2D eigenvalue weighted by atomic mass is 32.2. The summed E-state index contributed by atoms with van der Waals surface area (Å²) in [5.41, 5.74) is 2.63. The molecule has 3 rings (SSSR count). The lowest BCUT2D eigenvalue weighted by Gasteiger charge is -2.13. The van der Waals surface area contributed by atoms with Gasteiger partial charge in [-0.1, -0.05) is 42.8 Å². The van der Waals surface area contributed by atoms with Crippen LogP contribution in [-0.2, 0) is 4.79 Å². The van der Waals surface area contributed by atoms with Crippen LogP contribution in [0.1, 0.15) is 24.5 Å². The summed E-state index contributed by atoms with van der Waals surface area (Å²) in [4.78, 5) is 19.7. The van der Waals surface area contributed by atoms with Crippen molar-refractivity contribution < 1.29 is 9.90 Å². The number of carbonyl (C=O) groups is 1. The number of nitrogens with zero attached hydrogens (tertiary/aromatic N) is 2. The van der Waals surface area contributed by atoms with Crippen LogP contribution in [0, 0.1) is 6.92 Å². The minimum atomic E-state index is -0.0686. The fourth-order valence-corrected chi connectivity index (χ4v) is 3.51. The fourth-order valence-electron chi connectivity index (χ4n) is 2.49. The lowest BCUT2D eigenvalue weighted by atomic mass is 10.2. The number of amides is 1. The van der Waals surface area contributed by atoms with Gasteiger partial charge >= 0.3 is 0 Å². The third-order valence-electron chi connectivity index (χ3n) is 3.82. The number of amidine groups is 1. The van der Waals surface area contributed by atoms with Gasteiger partial charge in [0.15, 0.2) is 5.17 Å². The molecule has 0 atom stereocenters. The Morgan fingerprint density at radius 1 is 1.16 bits per heavy atom. The van der Waals surface area contributed by atoms with Crippen molar-refractivity contribution in [1.82, 2.24) is 4.90 Å². The number of aromatic hydroxyl groups is 1. The number of thioether (sulfide) groups is 1. The number of para-hydroxylation sites is 1. The first-order chi connectivity index (χ1) is 12.1. The average molecular weight is 352 g/mol. The molecule has 1 aliphatic rings. The molecule has 0 unspecified atom stereocenters. The Balaban J connectivity index is 1.95. The van der Waals surface area contributed by atoms with E-state index in [4.69, 9.17) is 0 Å². The number of hydrogen-bond acceptors (Lipinski definition) is 4. The summed E-state index contributed by atoms with van der Waals surface area (Å²) in [7, 11) is 0. The molecule has 1 amide bonds. The number of rotatable bonds is 4. The molecule has 1 N–H and O–H groups in total. The van der Waals surface area contributed by atoms with Gasteiger partial charge in [0, 0.05) is 12.1 Å². The quantitative estimate of drug-likeness (QED) is 0.811. The molecular formula is C20H20N2O2S. The van der Waals surface area contributed by atoms with Crippen LogP contribution < -0.4 is 0 Å². The third kappa shape index (κ3) is 3.94. The van der Waals surface area contributed by atoms with Gasteiger partial charge in [-0.05, 0) is 49.4 Å². The summed E-state index contributed by atoms with van der Waals surface area (Å²) < 4.78 is 0. The standard InChI is InChI=1S/C20H20N2O2S/c1-3-12-22-19(24)18(13-15-6-4-5-7-17(15)23)25-20(22)21-16-10-8-14(2)9-11-16/h4-11,13,23H,3,12H2,1-2H3/b18-13+,21-20?. The maximum Gasteiger partial charge on any atom is 0.266 e. The molecule has 0 aromatic heterocycles. The van der Waals surface area contributed by atoms with E-state index < -0.39 is 0 Å². The summed E-state index contributed by atoms with van der Waals surface area (Å²) in [6, 6.07) is 14.9. The second-order valence-corrected chi connectivity index (χ2v) is 6.87. The van der Waals surface area contributed by atoms with E-state index in [-0.39, 0.29) is 11.7 Å². The van der Waals surface area contributed by atoms with E-state index in [1.807, 2.05) is 44.2 Å². The lowest BCUT2D eigenvalue weighted by Crippen LogP contribution is -2.29. The number of aryl methyl sites for hydroxylation is 1. The van der Waals surface area contributed by atoms with Crippen LogP contribution in [0.2, 0.25) is 0 Å². The average Bonchev–Trinajstić information content (AvgIpc) is 2.88. The molecule has 0 bridgehead atoms. The molecule has 0 aliphatic carbocycles. The van der Waals surface area contributed by atoms with E-state index in [2.05, 4.69) is 4.99 Å². The summed E-state index contributed by atoms with van der Waals surface area (Å²) >= 11 is 1.35. The van der Waals surface area contributed by atoms with Crippen molar-refractivity contribution in [2.75, 3.05) is 6.54 Å². The van der Waals surface area contributed by atoms with Crippen LogP contribution in [0.5, 0.6) is 5.75 Å². The van der Waals surface area contributed by atoms with E-state index in [1.54, 1.807) is 29.2 Å². The molecule has 0 radical (unpaired) electrons. The molecule has 4 nitrogen and oxygen atoms in total. The van der Waals surface area contributed by atoms with Crippen LogP contribution in [0.25, 0.3) is 6.08 Å². The van der Waals surface area contributed by atoms with E-state index in [1.165, 1.54) is 17.3 Å². The predicted molar refractivity (Wildman–Crippen MR) is 104 cm³/mol. The predicted octanol–water partition coefficient (Wildman–Crippen LogP) is 4.71. The zero-order chi connectivity index (χ0) is 17.8. The number of aliphatic imine (C=N–C) groups is 1. The van der Waals surface area contributed by atoms with Crippen LogP contribution in [0.15, 0.2) is 58.4 Å². The maximum atomic E-state index is 12.7. The van der Waals surface area contributed by atoms with Gasteiger partial charge in [0.25, 0.3) is 5.91 Å². The van der Waals surface area contributed by atoms with E-state index in [0.717, 1.165) is 12.1 Å². The van der Waals surface area contributed by atoms with Crippen molar-refractivity contribution in [3.05, 3.63) is 64.6 Å². The largest absolute Gasteiger partial charge is 0.507 e. The fraction of sp³-hybridized carbons (Fsp3) is 0.200. The van der Waals surface area contributed by atoms with Gasteiger partial charge in [-0.2, -0.15) is 0 Å². The molecule has 1 saturated heterocycles. The first-order valence-electron chi connectivity index (χ1n) is 8.23. The lowest BCUT2D eigenvalue weighted by molar-refractivity contribution is -0.122. The highest BCUT2D eigenvalue weighted by Crippen LogP contribution is 2.35. The molecule has 25 heavy (non-hydrogen) atoms. The van der Waals surface area contributed by atoms with Crippen LogP contribution >= 0.6 is 11.8 Å². The first kappa shape index (κ1) is 17.3. The summed E-state index contributed by atoms with van der Waals surface area (Å²) in [5.74, 6) is 0.0929. The SMILES string of the molecule is CCCN1C(=O)/C(=C\c2ccccc2O)SC1=Nc1ccc(C)cc1. The van der Waals surface area contributed by atoms with Crippen LogP contribution in [0.3, 0.4) is 0 Å². The Kier molecular flexibility index (Phi) is 5.24. The van der Waals surface area contributed by atoms with Gasteiger partial charge in [0.2, 0.25) is 0 Å². The normalized spacial score (nSPS) is 17.7. The zero-order valence-electron chi connectivity index (χ0n) is 14.3. The Hall–Kier alpha value is -2.53. The highest BCUT2D eigenvalue weighted by molar-refractivity contribution is 8.18. The topological polar surface area (TPSA) is 52.9 Å². The molecular weight excluding hydrogens is 332 g/mol. The van der Waals surface area contributed by atoms with E-state index in [9.17, 15) is 9.90 Å². The van der Waals surface area contributed by atoms with Gasteiger partial charge in [-0.25, -0.2) is 4.99 Å². The molecule has 0 spiro atoms. The van der Waals surface area contributed by atoms with Crippen molar-refractivity contribution in [3.63, 3.8) is 0 Å². The number of carbonyl (C=O) groups excluding carboxylic acids is 1. The first-order valence-corrected chi connectivity index (χ1v) is 9.05. The van der Waals surface area contributed by atoms with Crippen molar-refractivity contribution in [2.45, 2.75) is 20.3 Å². The maximum absolute atomic E-state index is 12.7. The number of hydrogen-bond donors (Lipinski definition) is 1. The van der Waals surface area contributed by atoms with Crippen LogP contribution in [0.4, 0.5) is 5.69 Å².